The van der Waals surface area contributed by atoms with Gasteiger partial charge in [0.05, 0.1) is 29.7 Å². The first-order valence-electron chi connectivity index (χ1n) is 6.36. The van der Waals surface area contributed by atoms with E-state index < -0.39 is 4.92 Å². The number of methoxy groups -OCH3 is 1. The molecule has 0 aliphatic carbocycles. The molecule has 7 heteroatoms. The SMILES string of the molecule is CCCC(CN)C(=O)Nc1ccc([N+](=O)[O-])cc1OC. The van der Waals surface area contributed by atoms with Crippen molar-refractivity contribution in [3.63, 3.8) is 0 Å². The summed E-state index contributed by atoms with van der Waals surface area (Å²) in [6.45, 7) is 2.23. The number of ether oxygens (including phenoxy) is 1. The van der Waals surface area contributed by atoms with Gasteiger partial charge in [-0.15, -0.1) is 0 Å². The van der Waals surface area contributed by atoms with Gasteiger partial charge in [-0.25, -0.2) is 0 Å². The smallest absolute Gasteiger partial charge is 0.273 e. The third kappa shape index (κ3) is 3.92. The Morgan fingerprint density at radius 3 is 2.75 bits per heavy atom. The van der Waals surface area contributed by atoms with Gasteiger partial charge in [0, 0.05) is 12.6 Å². The maximum absolute atomic E-state index is 12.0. The number of nitrogens with one attached hydrogen (secondary N) is 1. The van der Waals surface area contributed by atoms with Crippen LogP contribution in [0.3, 0.4) is 0 Å². The van der Waals surface area contributed by atoms with Crippen LogP contribution in [0, 0.1) is 16.0 Å². The van der Waals surface area contributed by atoms with Gasteiger partial charge < -0.3 is 15.8 Å². The number of nitrogens with two attached hydrogens (primary N) is 1. The van der Waals surface area contributed by atoms with Crippen molar-refractivity contribution in [3.8, 4) is 5.75 Å². The third-order valence-electron chi connectivity index (χ3n) is 2.95. The van der Waals surface area contributed by atoms with Gasteiger partial charge in [0.25, 0.3) is 5.69 Å². The zero-order valence-electron chi connectivity index (χ0n) is 11.6. The first-order valence-corrected chi connectivity index (χ1v) is 6.36. The van der Waals surface area contributed by atoms with Crippen LogP contribution in [0.5, 0.6) is 5.75 Å². The second kappa shape index (κ2) is 7.44. The Bertz CT molecular complexity index is 491. The molecule has 0 saturated carbocycles. The molecule has 3 N–H and O–H groups in total. The summed E-state index contributed by atoms with van der Waals surface area (Å²) in [5.41, 5.74) is 5.87. The molecule has 1 unspecified atom stereocenters. The molecule has 0 spiro atoms. The number of nitrogens with zero attached hydrogens (tertiary/aromatic N) is 1. The molecule has 0 radical (unpaired) electrons. The molecule has 0 bridgehead atoms. The largest absolute Gasteiger partial charge is 0.494 e. The van der Waals surface area contributed by atoms with Crippen molar-refractivity contribution in [2.45, 2.75) is 19.8 Å². The Labute approximate surface area is 117 Å². The molecule has 7 nitrogen and oxygen atoms in total. The van der Waals surface area contributed by atoms with E-state index in [0.29, 0.717) is 12.1 Å². The highest BCUT2D eigenvalue weighted by molar-refractivity contribution is 5.94. The normalized spacial score (nSPS) is 11.8. The fourth-order valence-corrected chi connectivity index (χ4v) is 1.84. The number of carbonyl (C=O) groups is 1. The summed E-state index contributed by atoms with van der Waals surface area (Å²) in [6.07, 6.45) is 1.55. The number of hydrogen-bond acceptors (Lipinski definition) is 5. The summed E-state index contributed by atoms with van der Waals surface area (Å²) in [6, 6.07) is 4.04. The molecule has 0 saturated heterocycles. The van der Waals surface area contributed by atoms with Crippen LogP contribution in [0.2, 0.25) is 0 Å². The minimum absolute atomic E-state index is 0.0937. The molecular formula is C13H19N3O4. The quantitative estimate of drug-likeness (QED) is 0.586. The lowest BCUT2D eigenvalue weighted by Crippen LogP contribution is -2.29. The minimum atomic E-state index is -0.520. The summed E-state index contributed by atoms with van der Waals surface area (Å²) >= 11 is 0. The molecule has 1 rings (SSSR count). The zero-order valence-corrected chi connectivity index (χ0v) is 11.6. The van der Waals surface area contributed by atoms with Crippen molar-refractivity contribution in [2.24, 2.45) is 11.7 Å². The van der Waals surface area contributed by atoms with Crippen LogP contribution in [0.25, 0.3) is 0 Å². The van der Waals surface area contributed by atoms with E-state index in [4.69, 9.17) is 10.5 Å². The van der Waals surface area contributed by atoms with Crippen molar-refractivity contribution < 1.29 is 14.5 Å². The molecule has 1 amide bonds. The Hall–Kier alpha value is -2.15. The van der Waals surface area contributed by atoms with Crippen LogP contribution in [0.15, 0.2) is 18.2 Å². The van der Waals surface area contributed by atoms with E-state index in [1.807, 2.05) is 6.92 Å². The average Bonchev–Trinajstić information content (AvgIpc) is 2.44. The summed E-state index contributed by atoms with van der Waals surface area (Å²) in [5, 5.41) is 13.4. The lowest BCUT2D eigenvalue weighted by atomic mass is 10.0. The lowest BCUT2D eigenvalue weighted by molar-refractivity contribution is -0.384. The molecular weight excluding hydrogens is 262 g/mol. The lowest BCUT2D eigenvalue weighted by Gasteiger charge is -2.15. The molecule has 0 fully saturated rings. The molecule has 0 aromatic heterocycles. The standard InChI is InChI=1S/C13H19N3O4/c1-3-4-9(8-14)13(17)15-11-6-5-10(16(18)19)7-12(11)20-2/h5-7,9H,3-4,8,14H2,1-2H3,(H,15,17). The van der Waals surface area contributed by atoms with Gasteiger partial charge in [0.1, 0.15) is 5.75 Å². The third-order valence-corrected chi connectivity index (χ3v) is 2.95. The zero-order chi connectivity index (χ0) is 15.1. The predicted octanol–water partition coefficient (Wildman–Crippen LogP) is 1.92. The van der Waals surface area contributed by atoms with Gasteiger partial charge in [-0.3, -0.25) is 14.9 Å². The number of rotatable bonds is 7. The van der Waals surface area contributed by atoms with Crippen LogP contribution in [-0.4, -0.2) is 24.5 Å². The number of carbonyl (C=O) groups excluding carboxylic acids is 1. The highest BCUT2D eigenvalue weighted by atomic mass is 16.6. The Morgan fingerprint density at radius 1 is 1.55 bits per heavy atom. The topological polar surface area (TPSA) is 107 Å². The van der Waals surface area contributed by atoms with Crippen LogP contribution in [0.4, 0.5) is 11.4 Å². The molecule has 1 aromatic carbocycles. The van der Waals surface area contributed by atoms with Gasteiger partial charge in [-0.2, -0.15) is 0 Å². The number of hydrogen-bond donors (Lipinski definition) is 2. The van der Waals surface area contributed by atoms with E-state index in [2.05, 4.69) is 5.32 Å². The van der Waals surface area contributed by atoms with Crippen LogP contribution in [0.1, 0.15) is 19.8 Å². The summed E-state index contributed by atoms with van der Waals surface area (Å²) in [4.78, 5) is 22.2. The molecule has 0 aliphatic rings. The highest BCUT2D eigenvalue weighted by Crippen LogP contribution is 2.29. The second-order valence-electron chi connectivity index (χ2n) is 4.35. The molecule has 1 aromatic rings. The Balaban J connectivity index is 2.91. The first kappa shape index (κ1) is 15.9. The van der Waals surface area contributed by atoms with Gasteiger partial charge in [-0.1, -0.05) is 13.3 Å². The van der Waals surface area contributed by atoms with Gasteiger partial charge >= 0.3 is 0 Å². The molecule has 110 valence electrons. The fourth-order valence-electron chi connectivity index (χ4n) is 1.84. The van der Waals surface area contributed by atoms with E-state index in [1.54, 1.807) is 0 Å². The fraction of sp³-hybridized carbons (Fsp3) is 0.462. The molecule has 0 aliphatic heterocycles. The average molecular weight is 281 g/mol. The van der Waals surface area contributed by atoms with Crippen molar-refractivity contribution in [1.82, 2.24) is 0 Å². The summed E-state index contributed by atoms with van der Waals surface area (Å²) in [5.74, 6) is -0.235. The number of amides is 1. The van der Waals surface area contributed by atoms with E-state index in [-0.39, 0.29) is 29.8 Å². The number of nitro benzene ring substituents is 1. The van der Waals surface area contributed by atoms with E-state index in [9.17, 15) is 14.9 Å². The maximum atomic E-state index is 12.0. The molecule has 1 atom stereocenters. The van der Waals surface area contributed by atoms with Crippen LogP contribution < -0.4 is 15.8 Å². The Kier molecular flexibility index (Phi) is 5.92. The van der Waals surface area contributed by atoms with E-state index in [1.165, 1.54) is 25.3 Å². The monoisotopic (exact) mass is 281 g/mol. The number of non-ortho nitro benzene ring substituents is 1. The van der Waals surface area contributed by atoms with Crippen molar-refractivity contribution in [2.75, 3.05) is 19.0 Å². The summed E-state index contributed by atoms with van der Waals surface area (Å²) < 4.78 is 5.06. The van der Waals surface area contributed by atoms with E-state index >= 15 is 0 Å². The van der Waals surface area contributed by atoms with Crippen LogP contribution in [-0.2, 0) is 4.79 Å². The second-order valence-corrected chi connectivity index (χ2v) is 4.35. The number of benzene rings is 1. The van der Waals surface area contributed by atoms with Crippen molar-refractivity contribution in [3.05, 3.63) is 28.3 Å². The number of anilines is 1. The van der Waals surface area contributed by atoms with Gasteiger partial charge in [-0.05, 0) is 12.5 Å². The maximum Gasteiger partial charge on any atom is 0.273 e. The Morgan fingerprint density at radius 2 is 2.25 bits per heavy atom. The molecule has 0 heterocycles. The highest BCUT2D eigenvalue weighted by Gasteiger charge is 2.18. The van der Waals surface area contributed by atoms with Crippen LogP contribution >= 0.6 is 0 Å². The van der Waals surface area contributed by atoms with Gasteiger partial charge in [0.15, 0.2) is 0 Å². The minimum Gasteiger partial charge on any atom is -0.494 e. The molecule has 20 heavy (non-hydrogen) atoms. The predicted molar refractivity (Wildman–Crippen MR) is 75.7 cm³/mol. The van der Waals surface area contributed by atoms with E-state index in [0.717, 1.165) is 6.42 Å². The van der Waals surface area contributed by atoms with Gasteiger partial charge in [0.2, 0.25) is 5.91 Å². The van der Waals surface area contributed by atoms with Crippen molar-refractivity contribution >= 4 is 17.3 Å². The first-order chi connectivity index (χ1) is 9.53. The summed E-state index contributed by atoms with van der Waals surface area (Å²) in [7, 11) is 1.39. The number of nitro groups is 1. The van der Waals surface area contributed by atoms with Crippen molar-refractivity contribution in [1.29, 1.82) is 0 Å².